The van der Waals surface area contributed by atoms with E-state index >= 15 is 0 Å². The molecule has 0 radical (unpaired) electrons. The van der Waals surface area contributed by atoms with Gasteiger partial charge in [-0.1, -0.05) is 6.58 Å². The molecule has 1 saturated carbocycles. The van der Waals surface area contributed by atoms with Crippen LogP contribution in [-0.2, 0) is 13.0 Å². The fourth-order valence-electron chi connectivity index (χ4n) is 6.36. The van der Waals surface area contributed by atoms with Crippen molar-refractivity contribution in [3.8, 4) is 22.9 Å². The number of nitrogens with two attached hydrogens (primary N) is 1. The zero-order chi connectivity index (χ0) is 24.7. The van der Waals surface area contributed by atoms with Crippen molar-refractivity contribution >= 4 is 17.2 Å². The highest BCUT2D eigenvalue weighted by molar-refractivity contribution is 5.88. The number of nitrogens with zero attached hydrogens (tertiary/aromatic N) is 5. The van der Waals surface area contributed by atoms with E-state index in [0.29, 0.717) is 24.1 Å². The second-order valence-corrected chi connectivity index (χ2v) is 10.3. The molecule has 7 rings (SSSR count). The Bertz CT molecular complexity index is 1440. The van der Waals surface area contributed by atoms with E-state index in [1.54, 1.807) is 12.3 Å². The van der Waals surface area contributed by atoms with Gasteiger partial charge in [0, 0.05) is 61.7 Å². The van der Waals surface area contributed by atoms with Crippen LogP contribution >= 0.6 is 0 Å². The Morgan fingerprint density at radius 2 is 2.03 bits per heavy atom. The lowest BCUT2D eigenvalue weighted by molar-refractivity contribution is 0.434. The number of piperidine rings is 1. The molecule has 3 aromatic rings. The number of fused-ring (bicyclic) bond motifs is 6. The van der Waals surface area contributed by atoms with Crippen molar-refractivity contribution in [3.63, 3.8) is 0 Å². The van der Waals surface area contributed by atoms with Crippen molar-refractivity contribution in [1.29, 1.82) is 0 Å². The molecular weight excluding hydrogens is 457 g/mol. The average molecular weight is 486 g/mol. The number of pyridine rings is 1. The molecule has 4 aliphatic rings. The van der Waals surface area contributed by atoms with E-state index in [0.717, 1.165) is 76.8 Å². The van der Waals surface area contributed by atoms with Gasteiger partial charge < -0.3 is 25.6 Å². The lowest BCUT2D eigenvalue weighted by Gasteiger charge is -2.32. The Balaban J connectivity index is 1.32. The van der Waals surface area contributed by atoms with E-state index in [1.807, 2.05) is 20.2 Å². The van der Waals surface area contributed by atoms with Crippen LogP contribution in [0.15, 0.2) is 31.0 Å². The molecule has 1 saturated heterocycles. The zero-order valence-electron chi connectivity index (χ0n) is 20.4. The van der Waals surface area contributed by atoms with Crippen LogP contribution in [0.2, 0.25) is 0 Å². The van der Waals surface area contributed by atoms with Crippen LogP contribution in [0.1, 0.15) is 35.4 Å². The maximum Gasteiger partial charge on any atom is 0.324 e. The minimum Gasteiger partial charge on any atom is -0.423 e. The van der Waals surface area contributed by atoms with Gasteiger partial charge in [0.2, 0.25) is 0 Å². The molecule has 184 valence electrons. The van der Waals surface area contributed by atoms with E-state index in [9.17, 15) is 4.39 Å². The molecule has 3 N–H and O–H groups in total. The van der Waals surface area contributed by atoms with Gasteiger partial charge in [-0.05, 0) is 48.1 Å². The van der Waals surface area contributed by atoms with Gasteiger partial charge in [-0.2, -0.15) is 9.97 Å². The van der Waals surface area contributed by atoms with Crippen LogP contribution in [0.5, 0.6) is 11.8 Å². The molecule has 3 atom stereocenters. The highest BCUT2D eigenvalue weighted by atomic mass is 19.1. The summed E-state index contributed by atoms with van der Waals surface area (Å²) in [7, 11) is 3.81. The number of aromatic nitrogens is 3. The van der Waals surface area contributed by atoms with Crippen LogP contribution in [0.25, 0.3) is 16.8 Å². The molecule has 36 heavy (non-hydrogen) atoms. The van der Waals surface area contributed by atoms with E-state index in [4.69, 9.17) is 20.4 Å². The second kappa shape index (κ2) is 7.64. The van der Waals surface area contributed by atoms with E-state index in [2.05, 4.69) is 26.7 Å². The van der Waals surface area contributed by atoms with Crippen LogP contribution in [0.3, 0.4) is 0 Å². The van der Waals surface area contributed by atoms with Crippen LogP contribution < -0.4 is 20.7 Å². The number of anilines is 2. The third kappa shape index (κ3) is 3.12. The van der Waals surface area contributed by atoms with E-state index in [1.165, 1.54) is 6.07 Å². The van der Waals surface area contributed by atoms with E-state index < -0.39 is 0 Å². The molecule has 0 amide bonds. The van der Waals surface area contributed by atoms with Gasteiger partial charge in [-0.3, -0.25) is 4.98 Å². The number of ether oxygens (including phenoxy) is 1. The molecule has 4 heterocycles. The molecule has 2 aromatic heterocycles. The number of nitrogens with one attached hydrogen (secondary N) is 1. The van der Waals surface area contributed by atoms with Crippen molar-refractivity contribution in [2.24, 2.45) is 11.7 Å². The molecule has 9 heteroatoms. The Kier molecular flexibility index (Phi) is 4.57. The maximum atomic E-state index is 14.6. The first kappa shape index (κ1) is 21.6. The predicted octanol–water partition coefficient (Wildman–Crippen LogP) is 3.76. The first-order valence-corrected chi connectivity index (χ1v) is 12.4. The van der Waals surface area contributed by atoms with Crippen molar-refractivity contribution in [2.45, 2.75) is 37.9 Å². The van der Waals surface area contributed by atoms with E-state index in [-0.39, 0.29) is 17.9 Å². The average Bonchev–Trinajstić information content (AvgIpc) is 3.60. The molecule has 1 aromatic carbocycles. The van der Waals surface area contributed by atoms with Crippen molar-refractivity contribution in [2.75, 3.05) is 30.9 Å². The van der Waals surface area contributed by atoms with Crippen LogP contribution in [0, 0.1) is 11.7 Å². The Morgan fingerprint density at radius 3 is 2.78 bits per heavy atom. The molecule has 0 spiro atoms. The summed E-state index contributed by atoms with van der Waals surface area (Å²) < 4.78 is 20.8. The predicted molar refractivity (Wildman–Crippen MR) is 136 cm³/mol. The molecule has 2 bridgehead atoms. The summed E-state index contributed by atoms with van der Waals surface area (Å²) in [5.74, 6) is 1.53. The zero-order valence-corrected chi connectivity index (χ0v) is 20.4. The monoisotopic (exact) mass is 485 g/mol. The quantitative estimate of drug-likeness (QED) is 0.452. The van der Waals surface area contributed by atoms with Gasteiger partial charge in [0.05, 0.1) is 24.1 Å². The second-order valence-electron chi connectivity index (χ2n) is 10.3. The van der Waals surface area contributed by atoms with Gasteiger partial charge in [0.25, 0.3) is 0 Å². The topological polar surface area (TPSA) is 92.4 Å². The number of halogens is 1. The summed E-state index contributed by atoms with van der Waals surface area (Å²) in [6.07, 6.45) is 4.28. The number of hydrogen-bond donors (Lipinski definition) is 2. The summed E-state index contributed by atoms with van der Waals surface area (Å²) in [6, 6.07) is 5.90. The molecular formula is C27H28FN7O. The molecule has 2 aliphatic carbocycles. The highest BCUT2D eigenvalue weighted by Gasteiger charge is 2.45. The third-order valence-corrected chi connectivity index (χ3v) is 8.22. The minimum absolute atomic E-state index is 0.223. The minimum atomic E-state index is -0.281. The van der Waals surface area contributed by atoms with Gasteiger partial charge >= 0.3 is 6.01 Å². The normalized spacial score (nSPS) is 23.2. The largest absolute Gasteiger partial charge is 0.423 e. The molecule has 8 nitrogen and oxygen atoms in total. The summed E-state index contributed by atoms with van der Waals surface area (Å²) in [5, 5.41) is 3.14. The Morgan fingerprint density at radius 1 is 1.17 bits per heavy atom. The lowest BCUT2D eigenvalue weighted by atomic mass is 10.0. The molecule has 3 unspecified atom stereocenters. The summed E-state index contributed by atoms with van der Waals surface area (Å²) >= 11 is 0. The number of benzene rings is 1. The van der Waals surface area contributed by atoms with Gasteiger partial charge in [-0.15, -0.1) is 0 Å². The van der Waals surface area contributed by atoms with Crippen molar-refractivity contribution in [3.05, 3.63) is 59.3 Å². The van der Waals surface area contributed by atoms with Crippen LogP contribution in [0.4, 0.5) is 15.9 Å². The smallest absolute Gasteiger partial charge is 0.324 e. The first-order valence-electron chi connectivity index (χ1n) is 12.4. The third-order valence-electron chi connectivity index (χ3n) is 8.22. The summed E-state index contributed by atoms with van der Waals surface area (Å²) in [4.78, 5) is 18.7. The maximum absolute atomic E-state index is 14.6. The number of hydrogen-bond acceptors (Lipinski definition) is 8. The van der Waals surface area contributed by atoms with Gasteiger partial charge in [0.15, 0.2) is 0 Å². The fraction of sp³-hybridized carbons (Fsp3) is 0.370. The Labute approximate surface area is 209 Å². The van der Waals surface area contributed by atoms with Crippen molar-refractivity contribution < 1.29 is 9.13 Å². The van der Waals surface area contributed by atoms with Crippen LogP contribution in [-0.4, -0.2) is 52.6 Å². The van der Waals surface area contributed by atoms with Gasteiger partial charge in [-0.25, -0.2) is 4.39 Å². The molecule has 2 fully saturated rings. The first-order chi connectivity index (χ1) is 17.4. The Hall–Kier alpha value is -3.72. The summed E-state index contributed by atoms with van der Waals surface area (Å²) in [5.41, 5.74) is 13.6. The number of rotatable bonds is 4. The lowest BCUT2D eigenvalue weighted by Crippen LogP contribution is -2.41. The highest BCUT2D eigenvalue weighted by Crippen LogP contribution is 2.49. The standard InChI is InChI=1S/C27H28FN7O/c1-13-18-8-17(10-31-24(18)12-34(13)3)36-27-32-23-9-19-20(5-15(28)6-22(19)30-2)25(23)26(33-27)35-11-14-4-16(35)7-21(14)29/h5-6,8,10,14,16,21,30H,1,4,7,9,11-12,29H2,2-3H3. The summed E-state index contributed by atoms with van der Waals surface area (Å²) in [6.45, 7) is 5.73. The van der Waals surface area contributed by atoms with Gasteiger partial charge in [0.1, 0.15) is 17.4 Å². The SMILES string of the molecule is C=C1c2cc(Oc3nc4c(c(N5CC6CC5CC6N)n3)-c3cc(F)cc(NC)c3C4)cnc2CN1C. The molecule has 2 aliphatic heterocycles. The fourth-order valence-corrected chi connectivity index (χ4v) is 6.36. The van der Waals surface area contributed by atoms with Crippen molar-refractivity contribution in [1.82, 2.24) is 19.9 Å².